The van der Waals surface area contributed by atoms with Gasteiger partial charge in [0.25, 0.3) is 0 Å². The molecule has 1 aromatic heterocycles. The zero-order chi connectivity index (χ0) is 15.5. The van der Waals surface area contributed by atoms with E-state index in [1.165, 1.54) is 24.3 Å². The van der Waals surface area contributed by atoms with Crippen molar-refractivity contribution < 1.29 is 8.78 Å². The van der Waals surface area contributed by atoms with Gasteiger partial charge in [-0.15, -0.1) is 0 Å². The Balaban J connectivity index is 2.12. The Kier molecular flexibility index (Phi) is 3.63. The van der Waals surface area contributed by atoms with Gasteiger partial charge in [0.1, 0.15) is 11.6 Å². The van der Waals surface area contributed by atoms with Crippen LogP contribution in [0.5, 0.6) is 0 Å². The molecule has 0 atom stereocenters. The summed E-state index contributed by atoms with van der Waals surface area (Å²) in [7, 11) is 0. The summed E-state index contributed by atoms with van der Waals surface area (Å²) in [6, 6.07) is 17.1. The first kappa shape index (κ1) is 13.9. The highest BCUT2D eigenvalue weighted by molar-refractivity contribution is 5.68. The number of halogens is 2. The van der Waals surface area contributed by atoms with E-state index in [4.69, 9.17) is 0 Å². The van der Waals surface area contributed by atoms with Crippen LogP contribution >= 0.6 is 0 Å². The quantitative estimate of drug-likeness (QED) is 0.694. The molecule has 0 radical (unpaired) electrons. The Hall–Kier alpha value is -3.06. The number of hydrogen-bond acceptors (Lipinski definition) is 2. The van der Waals surface area contributed by atoms with Crippen molar-refractivity contribution in [3.05, 3.63) is 77.9 Å². The van der Waals surface area contributed by atoms with Crippen LogP contribution < -0.4 is 0 Å². The zero-order valence-electron chi connectivity index (χ0n) is 11.4. The summed E-state index contributed by atoms with van der Waals surface area (Å²) in [6.45, 7) is 0. The number of aromatic nitrogens is 1. The van der Waals surface area contributed by atoms with Gasteiger partial charge in [0.15, 0.2) is 0 Å². The Labute approximate surface area is 126 Å². The van der Waals surface area contributed by atoms with E-state index in [0.717, 1.165) is 0 Å². The van der Waals surface area contributed by atoms with Gasteiger partial charge in [-0.1, -0.05) is 0 Å². The third-order valence-electron chi connectivity index (χ3n) is 3.23. The molecule has 0 amide bonds. The molecule has 0 aliphatic rings. The van der Waals surface area contributed by atoms with E-state index in [9.17, 15) is 14.0 Å². The first-order valence-corrected chi connectivity index (χ1v) is 6.60. The maximum Gasteiger partial charge on any atom is 0.123 e. The van der Waals surface area contributed by atoms with Crippen molar-refractivity contribution >= 4 is 0 Å². The SMILES string of the molecule is N#Cc1cc(-c2ccc(F)cc2)nc(-c2ccc(F)cc2)c1. The second kappa shape index (κ2) is 5.74. The summed E-state index contributed by atoms with van der Waals surface area (Å²) in [5.41, 5.74) is 2.99. The maximum absolute atomic E-state index is 13.0. The van der Waals surface area contributed by atoms with E-state index in [1.54, 1.807) is 36.4 Å². The number of hydrogen-bond donors (Lipinski definition) is 0. The summed E-state index contributed by atoms with van der Waals surface area (Å²) >= 11 is 0. The van der Waals surface area contributed by atoms with Crippen LogP contribution in [-0.2, 0) is 0 Å². The van der Waals surface area contributed by atoms with Crippen molar-refractivity contribution in [2.24, 2.45) is 0 Å². The van der Waals surface area contributed by atoms with Crippen LogP contribution in [0.1, 0.15) is 5.56 Å². The topological polar surface area (TPSA) is 36.7 Å². The summed E-state index contributed by atoms with van der Waals surface area (Å²) in [4.78, 5) is 4.49. The second-order valence-electron chi connectivity index (χ2n) is 4.75. The largest absolute Gasteiger partial charge is 0.248 e. The van der Waals surface area contributed by atoms with Gasteiger partial charge in [-0.2, -0.15) is 5.26 Å². The first-order valence-electron chi connectivity index (χ1n) is 6.60. The lowest BCUT2D eigenvalue weighted by Gasteiger charge is -2.06. The molecule has 2 nitrogen and oxygen atoms in total. The molecular formula is C18H10F2N2. The Bertz CT molecular complexity index is 784. The monoisotopic (exact) mass is 292 g/mol. The average Bonchev–Trinajstić information content (AvgIpc) is 2.55. The Morgan fingerprint density at radius 3 is 1.50 bits per heavy atom. The fraction of sp³-hybridized carbons (Fsp3) is 0. The third kappa shape index (κ3) is 2.84. The van der Waals surface area contributed by atoms with Crippen LogP contribution in [0.2, 0.25) is 0 Å². The van der Waals surface area contributed by atoms with E-state index in [1.807, 2.05) is 0 Å². The van der Waals surface area contributed by atoms with Crippen molar-refractivity contribution in [3.63, 3.8) is 0 Å². The van der Waals surface area contributed by atoms with Crippen LogP contribution in [0.4, 0.5) is 8.78 Å². The summed E-state index contributed by atoms with van der Waals surface area (Å²) < 4.78 is 26.0. The fourth-order valence-electron chi connectivity index (χ4n) is 2.13. The maximum atomic E-state index is 13.0. The van der Waals surface area contributed by atoms with Crippen molar-refractivity contribution in [1.29, 1.82) is 5.26 Å². The smallest absolute Gasteiger partial charge is 0.123 e. The van der Waals surface area contributed by atoms with E-state index in [0.29, 0.717) is 28.1 Å². The van der Waals surface area contributed by atoms with Crippen molar-refractivity contribution in [2.75, 3.05) is 0 Å². The molecule has 1 heterocycles. The molecule has 0 aliphatic heterocycles. The molecule has 0 aliphatic carbocycles. The Morgan fingerprint density at radius 2 is 1.14 bits per heavy atom. The van der Waals surface area contributed by atoms with Gasteiger partial charge in [0.2, 0.25) is 0 Å². The van der Waals surface area contributed by atoms with Gasteiger partial charge < -0.3 is 0 Å². The molecule has 4 heteroatoms. The fourth-order valence-corrected chi connectivity index (χ4v) is 2.13. The average molecular weight is 292 g/mol. The molecule has 0 bridgehead atoms. The normalized spacial score (nSPS) is 10.2. The van der Waals surface area contributed by atoms with E-state index >= 15 is 0 Å². The molecule has 3 rings (SSSR count). The van der Waals surface area contributed by atoms with Gasteiger partial charge >= 0.3 is 0 Å². The molecule has 0 N–H and O–H groups in total. The van der Waals surface area contributed by atoms with Gasteiger partial charge in [0.05, 0.1) is 23.0 Å². The van der Waals surface area contributed by atoms with Crippen molar-refractivity contribution in [1.82, 2.24) is 4.98 Å². The van der Waals surface area contributed by atoms with Gasteiger partial charge in [-0.25, -0.2) is 13.8 Å². The minimum Gasteiger partial charge on any atom is -0.248 e. The highest BCUT2D eigenvalue weighted by Gasteiger charge is 2.07. The summed E-state index contributed by atoms with van der Waals surface area (Å²) in [5.74, 6) is -0.669. The molecule has 3 aromatic rings. The summed E-state index contributed by atoms with van der Waals surface area (Å²) in [6.07, 6.45) is 0. The molecule has 106 valence electrons. The highest BCUT2D eigenvalue weighted by Crippen LogP contribution is 2.25. The minimum atomic E-state index is -0.334. The van der Waals surface area contributed by atoms with E-state index in [2.05, 4.69) is 11.1 Å². The molecule has 2 aromatic carbocycles. The molecule has 22 heavy (non-hydrogen) atoms. The molecule has 0 saturated carbocycles. The van der Waals surface area contributed by atoms with Crippen LogP contribution in [0.3, 0.4) is 0 Å². The number of benzene rings is 2. The predicted molar refractivity (Wildman–Crippen MR) is 79.7 cm³/mol. The third-order valence-corrected chi connectivity index (χ3v) is 3.23. The number of nitriles is 1. The number of pyridine rings is 1. The van der Waals surface area contributed by atoms with Gasteiger partial charge in [-0.3, -0.25) is 0 Å². The van der Waals surface area contributed by atoms with Crippen LogP contribution in [0.15, 0.2) is 60.7 Å². The summed E-state index contributed by atoms with van der Waals surface area (Å²) in [5, 5.41) is 9.17. The lowest BCUT2D eigenvalue weighted by molar-refractivity contribution is 0.627. The molecule has 0 fully saturated rings. The van der Waals surface area contributed by atoms with E-state index < -0.39 is 0 Å². The van der Waals surface area contributed by atoms with Crippen molar-refractivity contribution in [2.45, 2.75) is 0 Å². The zero-order valence-corrected chi connectivity index (χ0v) is 11.4. The first-order chi connectivity index (χ1) is 10.7. The van der Waals surface area contributed by atoms with Gasteiger partial charge in [0, 0.05) is 11.1 Å². The number of nitrogens with zero attached hydrogens (tertiary/aromatic N) is 2. The van der Waals surface area contributed by atoms with E-state index in [-0.39, 0.29) is 11.6 Å². The minimum absolute atomic E-state index is 0.334. The van der Waals surface area contributed by atoms with Crippen LogP contribution in [0, 0.1) is 23.0 Å². The second-order valence-corrected chi connectivity index (χ2v) is 4.75. The highest BCUT2D eigenvalue weighted by atomic mass is 19.1. The predicted octanol–water partition coefficient (Wildman–Crippen LogP) is 4.57. The lowest BCUT2D eigenvalue weighted by atomic mass is 10.1. The lowest BCUT2D eigenvalue weighted by Crippen LogP contribution is -1.91. The van der Waals surface area contributed by atoms with Gasteiger partial charge in [-0.05, 0) is 60.7 Å². The van der Waals surface area contributed by atoms with Crippen LogP contribution in [-0.4, -0.2) is 4.98 Å². The molecule has 0 spiro atoms. The van der Waals surface area contributed by atoms with Crippen LogP contribution in [0.25, 0.3) is 22.5 Å². The molecule has 0 saturated heterocycles. The molecule has 0 unspecified atom stereocenters. The molecular weight excluding hydrogens is 282 g/mol. The Morgan fingerprint density at radius 1 is 0.727 bits per heavy atom. The standard InChI is InChI=1S/C18H10F2N2/c19-15-5-1-13(2-6-15)17-9-12(11-21)10-18(22-17)14-3-7-16(20)8-4-14/h1-10H. The van der Waals surface area contributed by atoms with Crippen molar-refractivity contribution in [3.8, 4) is 28.6 Å². The number of rotatable bonds is 2.